The van der Waals surface area contributed by atoms with Gasteiger partial charge in [-0.2, -0.15) is 0 Å². The predicted molar refractivity (Wildman–Crippen MR) is 84.0 cm³/mol. The minimum atomic E-state index is 0.384. The molecule has 1 N–H and O–H groups in total. The van der Waals surface area contributed by atoms with Crippen LogP contribution in [0.3, 0.4) is 0 Å². The molecule has 3 rings (SSSR count). The number of nitrogens with one attached hydrogen (secondary N) is 1. The Labute approximate surface area is 127 Å². The van der Waals surface area contributed by atoms with E-state index in [-0.39, 0.29) is 0 Å². The molecule has 0 unspecified atom stereocenters. The van der Waals surface area contributed by atoms with Gasteiger partial charge in [-0.1, -0.05) is 18.9 Å². The van der Waals surface area contributed by atoms with Crippen LogP contribution in [0, 0.1) is 0 Å². The molecule has 1 heterocycles. The maximum absolute atomic E-state index is 5.40. The van der Waals surface area contributed by atoms with Crippen molar-refractivity contribution in [1.29, 1.82) is 0 Å². The Morgan fingerprint density at radius 3 is 2.62 bits per heavy atom. The van der Waals surface area contributed by atoms with Crippen molar-refractivity contribution in [3.63, 3.8) is 0 Å². The van der Waals surface area contributed by atoms with E-state index >= 15 is 0 Å². The van der Waals surface area contributed by atoms with E-state index < -0.39 is 0 Å². The van der Waals surface area contributed by atoms with Crippen LogP contribution in [0.25, 0.3) is 0 Å². The molecular formula is C17H26N2O2. The molecule has 1 saturated heterocycles. The lowest BCUT2D eigenvalue weighted by atomic mass is 9.94. The zero-order valence-electron chi connectivity index (χ0n) is 13.2. The van der Waals surface area contributed by atoms with Gasteiger partial charge >= 0.3 is 0 Å². The summed E-state index contributed by atoms with van der Waals surface area (Å²) in [5.74, 6) is 1.62. The summed E-state index contributed by atoms with van der Waals surface area (Å²) >= 11 is 0. The lowest BCUT2D eigenvalue weighted by Gasteiger charge is -2.41. The van der Waals surface area contributed by atoms with Crippen LogP contribution in [0.2, 0.25) is 0 Å². The summed E-state index contributed by atoms with van der Waals surface area (Å²) in [6.07, 6.45) is 5.40. The van der Waals surface area contributed by atoms with Crippen LogP contribution in [0.5, 0.6) is 11.5 Å². The molecule has 1 spiro atoms. The minimum absolute atomic E-state index is 0.384. The molecule has 4 heteroatoms. The molecule has 0 aromatic heterocycles. The summed E-state index contributed by atoms with van der Waals surface area (Å²) in [5, 5.41) is 3.76. The Hall–Kier alpha value is -1.26. The zero-order chi connectivity index (χ0) is 14.7. The number of ether oxygens (including phenoxy) is 2. The molecule has 0 amide bonds. The first-order valence-electron chi connectivity index (χ1n) is 7.93. The van der Waals surface area contributed by atoms with Crippen LogP contribution in [0.4, 0.5) is 0 Å². The van der Waals surface area contributed by atoms with Gasteiger partial charge in [0.05, 0.1) is 14.2 Å². The molecule has 0 atom stereocenters. The SMILES string of the molecule is COc1ccc(CN2CCNC3(CCCC3)C2)cc1OC. The fourth-order valence-electron chi connectivity index (χ4n) is 3.80. The first kappa shape index (κ1) is 14.7. The highest BCUT2D eigenvalue weighted by atomic mass is 16.5. The van der Waals surface area contributed by atoms with Crippen LogP contribution < -0.4 is 14.8 Å². The first-order valence-corrected chi connectivity index (χ1v) is 7.93. The van der Waals surface area contributed by atoms with Crippen molar-refractivity contribution in [2.45, 2.75) is 37.8 Å². The lowest BCUT2D eigenvalue weighted by Crippen LogP contribution is -2.58. The van der Waals surface area contributed by atoms with Gasteiger partial charge in [0.15, 0.2) is 11.5 Å². The Morgan fingerprint density at radius 1 is 1.14 bits per heavy atom. The molecular weight excluding hydrogens is 264 g/mol. The molecule has 0 bridgehead atoms. The van der Waals surface area contributed by atoms with Crippen molar-refractivity contribution in [2.75, 3.05) is 33.9 Å². The van der Waals surface area contributed by atoms with Crippen molar-refractivity contribution >= 4 is 0 Å². The number of hydrogen-bond acceptors (Lipinski definition) is 4. The van der Waals surface area contributed by atoms with Gasteiger partial charge in [-0.3, -0.25) is 4.90 Å². The fraction of sp³-hybridized carbons (Fsp3) is 0.647. The van der Waals surface area contributed by atoms with Crippen LogP contribution in [0.15, 0.2) is 18.2 Å². The van der Waals surface area contributed by atoms with Crippen LogP contribution in [-0.4, -0.2) is 44.3 Å². The monoisotopic (exact) mass is 290 g/mol. The van der Waals surface area contributed by atoms with E-state index in [4.69, 9.17) is 9.47 Å². The van der Waals surface area contributed by atoms with Gasteiger partial charge in [-0.05, 0) is 30.5 Å². The van der Waals surface area contributed by atoms with Gasteiger partial charge in [0, 0.05) is 31.7 Å². The first-order chi connectivity index (χ1) is 10.2. The van der Waals surface area contributed by atoms with Crippen molar-refractivity contribution in [3.8, 4) is 11.5 Å². The average molecular weight is 290 g/mol. The second kappa shape index (κ2) is 6.24. The van der Waals surface area contributed by atoms with Gasteiger partial charge in [0.1, 0.15) is 0 Å². The summed E-state index contributed by atoms with van der Waals surface area (Å²) in [6.45, 7) is 4.38. The predicted octanol–water partition coefficient (Wildman–Crippen LogP) is 2.42. The van der Waals surface area contributed by atoms with Gasteiger partial charge < -0.3 is 14.8 Å². The minimum Gasteiger partial charge on any atom is -0.493 e. The number of nitrogens with zero attached hydrogens (tertiary/aromatic N) is 1. The van der Waals surface area contributed by atoms with Crippen molar-refractivity contribution in [1.82, 2.24) is 10.2 Å². The third kappa shape index (κ3) is 3.16. The van der Waals surface area contributed by atoms with Crippen molar-refractivity contribution in [2.24, 2.45) is 0 Å². The highest BCUT2D eigenvalue weighted by Crippen LogP contribution is 2.33. The van der Waals surface area contributed by atoms with Gasteiger partial charge in [0.2, 0.25) is 0 Å². The summed E-state index contributed by atoms with van der Waals surface area (Å²) in [4.78, 5) is 2.57. The second-order valence-electron chi connectivity index (χ2n) is 6.31. The fourth-order valence-corrected chi connectivity index (χ4v) is 3.80. The number of piperazine rings is 1. The highest BCUT2D eigenvalue weighted by Gasteiger charge is 2.37. The topological polar surface area (TPSA) is 33.7 Å². The molecule has 2 fully saturated rings. The molecule has 2 aliphatic rings. The third-order valence-corrected chi connectivity index (χ3v) is 4.87. The summed E-state index contributed by atoms with van der Waals surface area (Å²) in [6, 6.07) is 6.24. The average Bonchev–Trinajstić information content (AvgIpc) is 2.95. The summed E-state index contributed by atoms with van der Waals surface area (Å²) in [7, 11) is 3.37. The maximum Gasteiger partial charge on any atom is 0.161 e. The third-order valence-electron chi connectivity index (χ3n) is 4.87. The number of hydrogen-bond donors (Lipinski definition) is 1. The Bertz CT molecular complexity index is 484. The Morgan fingerprint density at radius 2 is 1.90 bits per heavy atom. The summed E-state index contributed by atoms with van der Waals surface area (Å²) in [5.41, 5.74) is 1.68. The quantitative estimate of drug-likeness (QED) is 0.923. The maximum atomic E-state index is 5.40. The Kier molecular flexibility index (Phi) is 4.36. The lowest BCUT2D eigenvalue weighted by molar-refractivity contribution is 0.128. The molecule has 116 valence electrons. The standard InChI is InChI=1S/C17H26N2O2/c1-20-15-6-5-14(11-16(15)21-2)12-19-10-9-18-17(13-19)7-3-4-8-17/h5-6,11,18H,3-4,7-10,12-13H2,1-2H3. The van der Waals surface area contributed by atoms with Gasteiger partial charge in [-0.15, -0.1) is 0 Å². The molecule has 21 heavy (non-hydrogen) atoms. The molecule has 1 aromatic carbocycles. The molecule has 1 aliphatic heterocycles. The smallest absolute Gasteiger partial charge is 0.161 e. The molecule has 4 nitrogen and oxygen atoms in total. The number of methoxy groups -OCH3 is 2. The second-order valence-corrected chi connectivity index (χ2v) is 6.31. The Balaban J connectivity index is 1.68. The van der Waals surface area contributed by atoms with E-state index in [0.717, 1.165) is 31.1 Å². The van der Waals surface area contributed by atoms with Gasteiger partial charge in [0.25, 0.3) is 0 Å². The normalized spacial score (nSPS) is 21.6. The van der Waals surface area contributed by atoms with Crippen molar-refractivity contribution in [3.05, 3.63) is 23.8 Å². The van der Waals surface area contributed by atoms with E-state index in [1.807, 2.05) is 6.07 Å². The molecule has 0 radical (unpaired) electrons. The van der Waals surface area contributed by atoms with E-state index in [0.29, 0.717) is 5.54 Å². The number of benzene rings is 1. The van der Waals surface area contributed by atoms with Crippen LogP contribution >= 0.6 is 0 Å². The van der Waals surface area contributed by atoms with Crippen molar-refractivity contribution < 1.29 is 9.47 Å². The van der Waals surface area contributed by atoms with Gasteiger partial charge in [-0.25, -0.2) is 0 Å². The zero-order valence-corrected chi connectivity index (χ0v) is 13.2. The highest BCUT2D eigenvalue weighted by molar-refractivity contribution is 5.42. The number of rotatable bonds is 4. The van der Waals surface area contributed by atoms with E-state index in [1.54, 1.807) is 14.2 Å². The van der Waals surface area contributed by atoms with E-state index in [2.05, 4.69) is 22.3 Å². The van der Waals surface area contributed by atoms with Crippen LogP contribution in [0.1, 0.15) is 31.2 Å². The largest absolute Gasteiger partial charge is 0.493 e. The van der Waals surface area contributed by atoms with Crippen LogP contribution in [-0.2, 0) is 6.54 Å². The molecule has 1 aliphatic carbocycles. The molecule has 1 saturated carbocycles. The molecule has 1 aromatic rings. The van der Waals surface area contributed by atoms with E-state index in [1.165, 1.54) is 37.8 Å². The van der Waals surface area contributed by atoms with E-state index in [9.17, 15) is 0 Å². The summed E-state index contributed by atoms with van der Waals surface area (Å²) < 4.78 is 10.7.